The van der Waals surface area contributed by atoms with E-state index in [1.54, 1.807) is 43.5 Å². The standard InChI is InChI=1S/C23H25BrN4O3S/c1-14(2)20(25-22(30)16-7-11-18(31-4)12-8-16)21-26-27-23(28(21)3)32-13-19(29)15-5-9-17(24)10-6-15/h5-12,14,20H,13H2,1-4H3,(H,25,30). The van der Waals surface area contributed by atoms with E-state index in [9.17, 15) is 9.59 Å². The van der Waals surface area contributed by atoms with Gasteiger partial charge in [0.25, 0.3) is 5.91 Å². The van der Waals surface area contributed by atoms with E-state index in [0.29, 0.717) is 27.9 Å². The van der Waals surface area contributed by atoms with Crippen molar-refractivity contribution in [3.63, 3.8) is 0 Å². The number of ether oxygens (including phenoxy) is 1. The van der Waals surface area contributed by atoms with Gasteiger partial charge in [0.15, 0.2) is 16.8 Å². The average molecular weight is 517 g/mol. The molecule has 7 nitrogen and oxygen atoms in total. The van der Waals surface area contributed by atoms with Gasteiger partial charge in [-0.15, -0.1) is 10.2 Å². The quantitative estimate of drug-likeness (QED) is 0.328. The van der Waals surface area contributed by atoms with Gasteiger partial charge in [-0.05, 0) is 42.3 Å². The maximum absolute atomic E-state index is 12.8. The van der Waals surface area contributed by atoms with Crippen LogP contribution in [0.3, 0.4) is 0 Å². The Morgan fingerprint density at radius 2 is 1.69 bits per heavy atom. The van der Waals surface area contributed by atoms with Crippen molar-refractivity contribution in [1.82, 2.24) is 20.1 Å². The largest absolute Gasteiger partial charge is 0.497 e. The molecule has 168 valence electrons. The van der Waals surface area contributed by atoms with Crippen molar-refractivity contribution in [2.75, 3.05) is 12.9 Å². The van der Waals surface area contributed by atoms with Gasteiger partial charge < -0.3 is 14.6 Å². The highest BCUT2D eigenvalue weighted by atomic mass is 79.9. The Morgan fingerprint density at radius 1 is 1.06 bits per heavy atom. The Balaban J connectivity index is 1.70. The number of hydrogen-bond donors (Lipinski definition) is 1. The first kappa shape index (κ1) is 24.0. The normalized spacial score (nSPS) is 11.9. The summed E-state index contributed by atoms with van der Waals surface area (Å²) in [5.74, 6) is 1.48. The van der Waals surface area contributed by atoms with Crippen molar-refractivity contribution in [3.05, 3.63) is 70.0 Å². The number of halogens is 1. The molecule has 0 fully saturated rings. The maximum Gasteiger partial charge on any atom is 0.251 e. The summed E-state index contributed by atoms with van der Waals surface area (Å²) in [6, 6.07) is 13.9. The number of rotatable bonds is 9. The van der Waals surface area contributed by atoms with Crippen LogP contribution in [0.2, 0.25) is 0 Å². The highest BCUT2D eigenvalue weighted by molar-refractivity contribution is 9.10. The number of nitrogens with one attached hydrogen (secondary N) is 1. The highest BCUT2D eigenvalue weighted by Gasteiger charge is 2.25. The molecule has 32 heavy (non-hydrogen) atoms. The third-order valence-electron chi connectivity index (χ3n) is 4.95. The molecule has 0 aliphatic rings. The van der Waals surface area contributed by atoms with Gasteiger partial charge in [-0.1, -0.05) is 53.7 Å². The molecule has 3 aromatic rings. The van der Waals surface area contributed by atoms with Crippen LogP contribution in [-0.4, -0.2) is 39.3 Å². The Bertz CT molecular complexity index is 1080. The summed E-state index contributed by atoms with van der Waals surface area (Å²) in [4.78, 5) is 25.3. The summed E-state index contributed by atoms with van der Waals surface area (Å²) in [6.45, 7) is 4.02. The Labute approximate surface area is 200 Å². The van der Waals surface area contributed by atoms with Gasteiger partial charge in [-0.3, -0.25) is 9.59 Å². The number of nitrogens with zero attached hydrogens (tertiary/aromatic N) is 3. The highest BCUT2D eigenvalue weighted by Crippen LogP contribution is 2.25. The molecule has 1 heterocycles. The smallest absolute Gasteiger partial charge is 0.251 e. The number of Topliss-reactive ketones (excluding diaryl/α,β-unsaturated/α-hetero) is 1. The van der Waals surface area contributed by atoms with Crippen LogP contribution in [0.25, 0.3) is 0 Å². The van der Waals surface area contributed by atoms with Crippen molar-refractivity contribution >= 4 is 39.4 Å². The molecule has 1 amide bonds. The molecular weight excluding hydrogens is 492 g/mol. The molecule has 0 saturated heterocycles. The summed E-state index contributed by atoms with van der Waals surface area (Å²) in [7, 11) is 3.43. The number of carbonyl (C=O) groups is 2. The molecular formula is C23H25BrN4O3S. The van der Waals surface area contributed by atoms with Crippen LogP contribution in [0.1, 0.15) is 46.4 Å². The second-order valence-corrected chi connectivity index (χ2v) is 9.40. The zero-order chi connectivity index (χ0) is 23.3. The molecule has 0 bridgehead atoms. The molecule has 1 unspecified atom stereocenters. The van der Waals surface area contributed by atoms with Crippen molar-refractivity contribution in [1.29, 1.82) is 0 Å². The third-order valence-corrected chi connectivity index (χ3v) is 6.50. The second kappa shape index (κ2) is 10.8. The molecule has 2 aromatic carbocycles. The van der Waals surface area contributed by atoms with Crippen LogP contribution in [0.4, 0.5) is 0 Å². The lowest BCUT2D eigenvalue weighted by molar-refractivity contribution is 0.0921. The van der Waals surface area contributed by atoms with Crippen molar-refractivity contribution in [2.45, 2.75) is 25.0 Å². The number of hydrogen-bond acceptors (Lipinski definition) is 6. The predicted molar refractivity (Wildman–Crippen MR) is 128 cm³/mol. The Hall–Kier alpha value is -2.65. The Kier molecular flexibility index (Phi) is 8.09. The first-order valence-corrected chi connectivity index (χ1v) is 11.8. The number of methoxy groups -OCH3 is 1. The molecule has 1 N–H and O–H groups in total. The molecule has 0 saturated carbocycles. The summed E-state index contributed by atoms with van der Waals surface area (Å²) in [5, 5.41) is 12.2. The lowest BCUT2D eigenvalue weighted by Crippen LogP contribution is -2.33. The molecule has 0 aliphatic heterocycles. The SMILES string of the molecule is COc1ccc(C(=O)NC(c2nnc(SCC(=O)c3ccc(Br)cc3)n2C)C(C)C)cc1. The molecule has 1 aromatic heterocycles. The van der Waals surface area contributed by atoms with Crippen LogP contribution in [-0.2, 0) is 7.05 Å². The van der Waals surface area contributed by atoms with E-state index in [1.165, 1.54) is 11.8 Å². The first-order valence-electron chi connectivity index (χ1n) is 10.1. The van der Waals surface area contributed by atoms with Gasteiger partial charge in [-0.25, -0.2) is 0 Å². The van der Waals surface area contributed by atoms with Crippen LogP contribution < -0.4 is 10.1 Å². The fourth-order valence-electron chi connectivity index (χ4n) is 3.07. The number of carbonyl (C=O) groups excluding carboxylic acids is 2. The van der Waals surface area contributed by atoms with Crippen molar-refractivity contribution in [2.24, 2.45) is 13.0 Å². The van der Waals surface area contributed by atoms with E-state index in [2.05, 4.69) is 31.4 Å². The van der Waals surface area contributed by atoms with Gasteiger partial charge in [0.2, 0.25) is 0 Å². The fourth-order valence-corrected chi connectivity index (χ4v) is 4.15. The molecule has 3 rings (SSSR count). The number of thioether (sulfide) groups is 1. The summed E-state index contributed by atoms with van der Waals surface area (Å²) >= 11 is 4.70. The fraction of sp³-hybridized carbons (Fsp3) is 0.304. The number of ketones is 1. The summed E-state index contributed by atoms with van der Waals surface area (Å²) in [5.41, 5.74) is 1.18. The summed E-state index contributed by atoms with van der Waals surface area (Å²) in [6.07, 6.45) is 0. The first-order chi connectivity index (χ1) is 15.3. The van der Waals surface area contributed by atoms with Crippen LogP contribution in [0.5, 0.6) is 5.75 Å². The van der Waals surface area contributed by atoms with Gasteiger partial charge in [-0.2, -0.15) is 0 Å². The molecule has 9 heteroatoms. The zero-order valence-corrected chi connectivity index (χ0v) is 20.7. The summed E-state index contributed by atoms with van der Waals surface area (Å²) < 4.78 is 7.91. The third kappa shape index (κ3) is 5.77. The van der Waals surface area contributed by atoms with Crippen LogP contribution in [0.15, 0.2) is 58.2 Å². The second-order valence-electron chi connectivity index (χ2n) is 7.54. The van der Waals surface area contributed by atoms with E-state index in [0.717, 1.165) is 4.47 Å². The van der Waals surface area contributed by atoms with E-state index >= 15 is 0 Å². The minimum atomic E-state index is -0.335. The Morgan fingerprint density at radius 3 is 2.28 bits per heavy atom. The number of benzene rings is 2. The minimum absolute atomic E-state index is 0.0141. The van der Waals surface area contributed by atoms with Crippen molar-refractivity contribution in [3.8, 4) is 5.75 Å². The molecule has 0 spiro atoms. The van der Waals surface area contributed by atoms with Gasteiger partial charge >= 0.3 is 0 Å². The lowest BCUT2D eigenvalue weighted by Gasteiger charge is -2.21. The van der Waals surface area contributed by atoms with Crippen molar-refractivity contribution < 1.29 is 14.3 Å². The van der Waals surface area contributed by atoms with Crippen LogP contribution in [0, 0.1) is 5.92 Å². The van der Waals surface area contributed by atoms with E-state index in [4.69, 9.17) is 4.74 Å². The van der Waals surface area contributed by atoms with Crippen LogP contribution >= 0.6 is 27.7 Å². The van der Waals surface area contributed by atoms with E-state index < -0.39 is 0 Å². The monoisotopic (exact) mass is 516 g/mol. The minimum Gasteiger partial charge on any atom is -0.497 e. The van der Waals surface area contributed by atoms with Gasteiger partial charge in [0.1, 0.15) is 5.75 Å². The zero-order valence-electron chi connectivity index (χ0n) is 18.3. The predicted octanol–water partition coefficient (Wildman–Crippen LogP) is 4.69. The maximum atomic E-state index is 12.8. The number of amides is 1. The van der Waals surface area contributed by atoms with Gasteiger partial charge in [0, 0.05) is 22.6 Å². The molecule has 0 aliphatic carbocycles. The average Bonchev–Trinajstić information content (AvgIpc) is 3.15. The molecule has 1 atom stereocenters. The van der Waals surface area contributed by atoms with E-state index in [-0.39, 0.29) is 29.4 Å². The topological polar surface area (TPSA) is 86.1 Å². The van der Waals surface area contributed by atoms with E-state index in [1.807, 2.05) is 37.6 Å². The lowest BCUT2D eigenvalue weighted by atomic mass is 10.0. The number of aromatic nitrogens is 3. The molecule has 0 radical (unpaired) electrons. The van der Waals surface area contributed by atoms with Gasteiger partial charge in [0.05, 0.1) is 18.9 Å².